The summed E-state index contributed by atoms with van der Waals surface area (Å²) >= 11 is 0. The lowest BCUT2D eigenvalue weighted by atomic mass is 10.1. The molecule has 1 saturated heterocycles. The fourth-order valence-corrected chi connectivity index (χ4v) is 3.24. The molecule has 0 radical (unpaired) electrons. The number of amides is 2. The molecule has 128 valence electrons. The number of hydrogen-bond acceptors (Lipinski definition) is 4. The lowest BCUT2D eigenvalue weighted by molar-refractivity contribution is 0.249. The molecule has 0 bridgehead atoms. The summed E-state index contributed by atoms with van der Waals surface area (Å²) in [6.45, 7) is 1.81. The van der Waals surface area contributed by atoms with Crippen LogP contribution in [0.25, 0.3) is 10.9 Å². The molecule has 1 aromatic carbocycles. The topological polar surface area (TPSA) is 66.5 Å². The van der Waals surface area contributed by atoms with Crippen LogP contribution < -0.4 is 15.4 Å². The smallest absolute Gasteiger partial charge is 0.319 e. The average Bonchev–Trinajstić information content (AvgIpc) is 3.00. The number of ether oxygens (including phenoxy) is 1. The summed E-state index contributed by atoms with van der Waals surface area (Å²) in [5, 5.41) is 6.76. The Morgan fingerprint density at radius 3 is 3.08 bits per heavy atom. The maximum atomic E-state index is 12.2. The van der Waals surface area contributed by atoms with Crippen LogP contribution >= 0.6 is 0 Å². The molecule has 1 aliphatic heterocycles. The van der Waals surface area contributed by atoms with Crippen molar-refractivity contribution in [3.05, 3.63) is 30.5 Å². The van der Waals surface area contributed by atoms with E-state index in [9.17, 15) is 4.79 Å². The van der Waals surface area contributed by atoms with E-state index in [-0.39, 0.29) is 6.03 Å². The van der Waals surface area contributed by atoms with Crippen molar-refractivity contribution in [2.45, 2.75) is 25.3 Å². The van der Waals surface area contributed by atoms with Crippen LogP contribution in [-0.4, -0.2) is 49.2 Å². The van der Waals surface area contributed by atoms with Crippen LogP contribution in [0.1, 0.15) is 19.3 Å². The number of fused-ring (bicyclic) bond motifs is 1. The number of anilines is 1. The Balaban J connectivity index is 1.62. The minimum absolute atomic E-state index is 0.212. The van der Waals surface area contributed by atoms with E-state index < -0.39 is 0 Å². The van der Waals surface area contributed by atoms with E-state index in [0.29, 0.717) is 24.0 Å². The monoisotopic (exact) mass is 328 g/mol. The summed E-state index contributed by atoms with van der Waals surface area (Å²) in [4.78, 5) is 18.9. The molecule has 1 atom stereocenters. The average molecular weight is 328 g/mol. The van der Waals surface area contributed by atoms with Gasteiger partial charge in [0.25, 0.3) is 0 Å². The minimum Gasteiger partial charge on any atom is -0.497 e. The van der Waals surface area contributed by atoms with Gasteiger partial charge in [-0.3, -0.25) is 4.98 Å². The summed E-state index contributed by atoms with van der Waals surface area (Å²) in [6, 6.07) is 7.87. The van der Waals surface area contributed by atoms with Crippen LogP contribution in [0, 0.1) is 0 Å². The van der Waals surface area contributed by atoms with Crippen LogP contribution in [-0.2, 0) is 0 Å². The molecule has 2 heterocycles. The van der Waals surface area contributed by atoms with Crippen molar-refractivity contribution in [2.75, 3.05) is 32.6 Å². The van der Waals surface area contributed by atoms with Gasteiger partial charge in [0.2, 0.25) is 0 Å². The molecular weight excluding hydrogens is 304 g/mol. The van der Waals surface area contributed by atoms with Gasteiger partial charge in [0.1, 0.15) is 5.75 Å². The Morgan fingerprint density at radius 2 is 2.33 bits per heavy atom. The van der Waals surface area contributed by atoms with Crippen molar-refractivity contribution in [1.29, 1.82) is 0 Å². The normalized spacial score (nSPS) is 17.8. The van der Waals surface area contributed by atoms with Crippen LogP contribution in [0.3, 0.4) is 0 Å². The summed E-state index contributed by atoms with van der Waals surface area (Å²) in [5.74, 6) is 0.693. The number of nitrogens with one attached hydrogen (secondary N) is 2. The molecule has 6 heteroatoms. The van der Waals surface area contributed by atoms with Gasteiger partial charge < -0.3 is 20.3 Å². The Labute approximate surface area is 142 Å². The van der Waals surface area contributed by atoms with Crippen molar-refractivity contribution in [1.82, 2.24) is 15.2 Å². The van der Waals surface area contributed by atoms with Crippen molar-refractivity contribution in [2.24, 2.45) is 0 Å². The number of benzene rings is 1. The Hall–Kier alpha value is -2.34. The van der Waals surface area contributed by atoms with Crippen LogP contribution in [0.5, 0.6) is 5.75 Å². The molecule has 1 aromatic heterocycles. The summed E-state index contributed by atoms with van der Waals surface area (Å²) in [7, 11) is 3.76. The number of aromatic nitrogens is 1. The number of pyridine rings is 1. The molecule has 0 aliphatic carbocycles. The highest BCUT2D eigenvalue weighted by atomic mass is 16.5. The van der Waals surface area contributed by atoms with Crippen molar-refractivity contribution in [3.63, 3.8) is 0 Å². The fourth-order valence-electron chi connectivity index (χ4n) is 3.24. The number of hydrogen-bond donors (Lipinski definition) is 2. The standard InChI is InChI=1S/C18H24N4O2/c1-22-10-4-6-14(22)7-9-20-18(23)21-16-12-15(24-2)11-13-5-3-8-19-17(13)16/h3,5,8,11-12,14H,4,6-7,9-10H2,1-2H3,(H2,20,21,23). The first-order valence-electron chi connectivity index (χ1n) is 8.35. The van der Waals surface area contributed by atoms with Crippen molar-refractivity contribution >= 4 is 22.6 Å². The lowest BCUT2D eigenvalue weighted by Crippen LogP contribution is -2.34. The third-order valence-electron chi connectivity index (χ3n) is 4.60. The van der Waals surface area contributed by atoms with E-state index in [1.807, 2.05) is 18.2 Å². The van der Waals surface area contributed by atoms with Gasteiger partial charge in [0, 0.05) is 30.2 Å². The van der Waals surface area contributed by atoms with E-state index in [2.05, 4.69) is 27.6 Å². The van der Waals surface area contributed by atoms with E-state index >= 15 is 0 Å². The molecule has 2 aromatic rings. The van der Waals surface area contributed by atoms with Crippen LogP contribution in [0.2, 0.25) is 0 Å². The highest BCUT2D eigenvalue weighted by Gasteiger charge is 2.20. The fraction of sp³-hybridized carbons (Fsp3) is 0.444. The Morgan fingerprint density at radius 1 is 1.46 bits per heavy atom. The number of methoxy groups -OCH3 is 1. The van der Waals surface area contributed by atoms with Gasteiger partial charge in [0.15, 0.2) is 0 Å². The highest BCUT2D eigenvalue weighted by molar-refractivity contribution is 6.00. The van der Waals surface area contributed by atoms with E-state index in [0.717, 1.165) is 23.9 Å². The lowest BCUT2D eigenvalue weighted by Gasteiger charge is -2.19. The molecule has 24 heavy (non-hydrogen) atoms. The third-order valence-corrected chi connectivity index (χ3v) is 4.60. The van der Waals surface area contributed by atoms with Gasteiger partial charge >= 0.3 is 6.03 Å². The van der Waals surface area contributed by atoms with Crippen LogP contribution in [0.15, 0.2) is 30.5 Å². The SMILES string of the molecule is COc1cc(NC(=O)NCCC2CCCN2C)c2ncccc2c1. The first-order chi connectivity index (χ1) is 11.7. The summed E-state index contributed by atoms with van der Waals surface area (Å²) in [5.41, 5.74) is 1.41. The van der Waals surface area contributed by atoms with Crippen LogP contribution in [0.4, 0.5) is 10.5 Å². The first-order valence-corrected chi connectivity index (χ1v) is 8.35. The maximum Gasteiger partial charge on any atom is 0.319 e. The van der Waals surface area contributed by atoms with Gasteiger partial charge in [-0.05, 0) is 45.0 Å². The van der Waals surface area contributed by atoms with E-state index in [4.69, 9.17) is 4.74 Å². The van der Waals surface area contributed by atoms with Crippen molar-refractivity contribution < 1.29 is 9.53 Å². The molecule has 0 spiro atoms. The largest absolute Gasteiger partial charge is 0.497 e. The van der Waals surface area contributed by atoms with Gasteiger partial charge in [-0.2, -0.15) is 0 Å². The zero-order valence-corrected chi connectivity index (χ0v) is 14.2. The quantitative estimate of drug-likeness (QED) is 0.886. The molecule has 1 unspecified atom stereocenters. The molecule has 2 amide bonds. The zero-order chi connectivity index (χ0) is 16.9. The third kappa shape index (κ3) is 3.76. The van der Waals surface area contributed by atoms with E-state index in [1.165, 1.54) is 12.8 Å². The first kappa shape index (κ1) is 16.5. The number of carbonyl (C=O) groups excluding carboxylic acids is 1. The number of carbonyl (C=O) groups is 1. The van der Waals surface area contributed by atoms with E-state index in [1.54, 1.807) is 19.4 Å². The maximum absolute atomic E-state index is 12.2. The minimum atomic E-state index is -0.212. The molecular formula is C18H24N4O2. The summed E-state index contributed by atoms with van der Waals surface area (Å²) in [6.07, 6.45) is 5.15. The number of rotatable bonds is 5. The van der Waals surface area contributed by atoms with Gasteiger partial charge in [-0.1, -0.05) is 6.07 Å². The summed E-state index contributed by atoms with van der Waals surface area (Å²) < 4.78 is 5.30. The number of likely N-dealkylation sites (tertiary alicyclic amines) is 1. The Kier molecular flexibility index (Phi) is 5.15. The molecule has 0 saturated carbocycles. The molecule has 1 aliphatic rings. The predicted molar refractivity (Wildman–Crippen MR) is 95.6 cm³/mol. The second-order valence-corrected chi connectivity index (χ2v) is 6.20. The predicted octanol–water partition coefficient (Wildman–Crippen LogP) is 2.85. The van der Waals surface area contributed by atoms with Gasteiger partial charge in [-0.25, -0.2) is 4.79 Å². The Bertz CT molecular complexity index is 719. The molecule has 1 fully saturated rings. The molecule has 2 N–H and O–H groups in total. The highest BCUT2D eigenvalue weighted by Crippen LogP contribution is 2.27. The second-order valence-electron chi connectivity index (χ2n) is 6.20. The molecule has 3 rings (SSSR count). The number of nitrogens with zero attached hydrogens (tertiary/aromatic N) is 2. The number of urea groups is 1. The zero-order valence-electron chi connectivity index (χ0n) is 14.2. The molecule has 6 nitrogen and oxygen atoms in total. The van der Waals surface area contributed by atoms with Gasteiger partial charge in [0.05, 0.1) is 18.3 Å². The van der Waals surface area contributed by atoms with Crippen molar-refractivity contribution in [3.8, 4) is 5.75 Å². The second kappa shape index (κ2) is 7.49. The van der Waals surface area contributed by atoms with Gasteiger partial charge in [-0.15, -0.1) is 0 Å².